The van der Waals surface area contributed by atoms with Crippen molar-refractivity contribution < 1.29 is 22.4 Å². The Bertz CT molecular complexity index is 1580. The van der Waals surface area contributed by atoms with Gasteiger partial charge >= 0.3 is 0 Å². The summed E-state index contributed by atoms with van der Waals surface area (Å²) in [7, 11) is -3.78. The van der Waals surface area contributed by atoms with E-state index in [1.165, 1.54) is 23.9 Å². The second-order valence-corrected chi connectivity index (χ2v) is 14.9. The van der Waals surface area contributed by atoms with Crippen LogP contribution in [0.2, 0.25) is 0 Å². The molecule has 1 aliphatic rings. The summed E-state index contributed by atoms with van der Waals surface area (Å²) in [6.45, 7) is 8.99. The largest absolute Gasteiger partial charge is 0.343 e. The van der Waals surface area contributed by atoms with Gasteiger partial charge in [0.25, 0.3) is 5.91 Å². The van der Waals surface area contributed by atoms with Crippen molar-refractivity contribution in [3.8, 4) is 11.1 Å². The van der Waals surface area contributed by atoms with Crippen molar-refractivity contribution in [2.75, 3.05) is 10.7 Å². The fourth-order valence-electron chi connectivity index (χ4n) is 4.67. The Morgan fingerprint density at radius 2 is 1.71 bits per heavy atom. The van der Waals surface area contributed by atoms with Crippen molar-refractivity contribution in [1.82, 2.24) is 10.0 Å². The molecule has 4 rings (SSSR count). The highest BCUT2D eigenvalue weighted by Crippen LogP contribution is 2.36. The van der Waals surface area contributed by atoms with Crippen LogP contribution in [0, 0.1) is 5.82 Å². The molecule has 11 heteroatoms. The molecule has 0 spiro atoms. The number of amides is 2. The minimum absolute atomic E-state index is 0.0486. The number of carbonyl (C=O) groups is 2. The van der Waals surface area contributed by atoms with Gasteiger partial charge in [0.05, 0.1) is 17.1 Å². The van der Waals surface area contributed by atoms with E-state index in [2.05, 4.69) is 10.0 Å². The van der Waals surface area contributed by atoms with Gasteiger partial charge in [0, 0.05) is 33.7 Å². The van der Waals surface area contributed by atoms with Crippen LogP contribution in [-0.4, -0.2) is 43.1 Å². The summed E-state index contributed by atoms with van der Waals surface area (Å²) in [6.07, 6.45) is 0.0486. The molecule has 0 aromatic heterocycles. The second-order valence-electron chi connectivity index (χ2n) is 12.2. The molecule has 3 aromatic carbocycles. The average Bonchev–Trinajstić information content (AvgIpc) is 2.99. The summed E-state index contributed by atoms with van der Waals surface area (Å²) in [5.74, 6) is -0.822. The maximum atomic E-state index is 14.1. The first-order valence-corrected chi connectivity index (χ1v) is 16.0. The zero-order valence-corrected chi connectivity index (χ0v) is 26.0. The van der Waals surface area contributed by atoms with E-state index in [0.29, 0.717) is 21.7 Å². The number of hydrogen-bond acceptors (Lipinski definition) is 6. The quantitative estimate of drug-likeness (QED) is 0.335. The van der Waals surface area contributed by atoms with E-state index in [0.717, 1.165) is 5.56 Å². The molecule has 0 saturated carbocycles. The number of nitrogens with one attached hydrogen (secondary N) is 2. The highest BCUT2D eigenvalue weighted by atomic mass is 32.2. The Morgan fingerprint density at radius 1 is 1.05 bits per heavy atom. The molecular weight excluding hydrogens is 575 g/mol. The Kier molecular flexibility index (Phi) is 9.17. The van der Waals surface area contributed by atoms with Gasteiger partial charge in [-0.05, 0) is 70.0 Å². The first kappa shape index (κ1) is 31.7. The van der Waals surface area contributed by atoms with Gasteiger partial charge in [-0.3, -0.25) is 9.59 Å². The van der Waals surface area contributed by atoms with Gasteiger partial charge in [-0.1, -0.05) is 42.5 Å². The van der Waals surface area contributed by atoms with Gasteiger partial charge < -0.3 is 16.0 Å². The van der Waals surface area contributed by atoms with Crippen LogP contribution < -0.4 is 20.7 Å². The van der Waals surface area contributed by atoms with Crippen molar-refractivity contribution in [1.29, 1.82) is 0 Å². The predicted molar refractivity (Wildman–Crippen MR) is 165 cm³/mol. The standard InChI is InChI=1S/C31H37FN4O4S2/c1-30(2,3)35-42(39,40)27-9-7-6-8-23(27)21-12-10-20(11-13-21)18-36-25-15-14-22(32)16-26(25)41-19-24(29(36)38)34-28(37)17-31(4,5)33/h6-16,24,35H,17-19,33H2,1-5H3,(H,34,37)/t24-/m1/s1. The maximum Gasteiger partial charge on any atom is 0.250 e. The first-order valence-electron chi connectivity index (χ1n) is 13.6. The summed E-state index contributed by atoms with van der Waals surface area (Å²) in [4.78, 5) is 28.7. The molecule has 0 unspecified atom stereocenters. The fraction of sp³-hybridized carbons (Fsp3) is 0.355. The third kappa shape index (κ3) is 7.97. The lowest BCUT2D eigenvalue weighted by molar-refractivity contribution is -0.127. The predicted octanol–water partition coefficient (Wildman–Crippen LogP) is 4.82. The van der Waals surface area contributed by atoms with Gasteiger partial charge in [-0.2, -0.15) is 0 Å². The molecule has 1 heterocycles. The molecule has 1 aliphatic heterocycles. The van der Waals surface area contributed by atoms with Gasteiger partial charge in [-0.15, -0.1) is 11.8 Å². The fourth-order valence-corrected chi connectivity index (χ4v) is 7.42. The molecule has 224 valence electrons. The van der Waals surface area contributed by atoms with Crippen LogP contribution in [0.1, 0.15) is 46.6 Å². The van der Waals surface area contributed by atoms with Gasteiger partial charge in [0.2, 0.25) is 15.9 Å². The SMILES string of the molecule is CC(C)(N)CC(=O)N[C@@H]1CSc2cc(F)ccc2N(Cc2ccc(-c3ccccc3S(=O)(=O)NC(C)(C)C)cc2)C1=O. The van der Waals surface area contributed by atoms with Crippen molar-refractivity contribution >= 4 is 39.3 Å². The molecular formula is C31H37FN4O4S2. The second kappa shape index (κ2) is 12.2. The number of halogens is 1. The molecule has 2 amide bonds. The monoisotopic (exact) mass is 612 g/mol. The smallest absolute Gasteiger partial charge is 0.250 e. The number of nitrogens with zero attached hydrogens (tertiary/aromatic N) is 1. The average molecular weight is 613 g/mol. The lowest BCUT2D eigenvalue weighted by atomic mass is 10.0. The molecule has 0 aliphatic carbocycles. The number of nitrogens with two attached hydrogens (primary N) is 1. The number of carbonyl (C=O) groups excluding carboxylic acids is 2. The van der Waals surface area contributed by atoms with E-state index in [1.807, 2.05) is 24.3 Å². The van der Waals surface area contributed by atoms with E-state index >= 15 is 0 Å². The maximum absolute atomic E-state index is 14.1. The van der Waals surface area contributed by atoms with E-state index in [1.54, 1.807) is 69.9 Å². The number of rotatable bonds is 8. The van der Waals surface area contributed by atoms with E-state index in [9.17, 15) is 22.4 Å². The minimum atomic E-state index is -3.78. The van der Waals surface area contributed by atoms with Crippen LogP contribution in [0.5, 0.6) is 0 Å². The zero-order valence-electron chi connectivity index (χ0n) is 24.4. The normalized spacial score (nSPS) is 16.1. The molecule has 1 atom stereocenters. The zero-order chi connectivity index (χ0) is 30.9. The van der Waals surface area contributed by atoms with Gasteiger partial charge in [0.15, 0.2) is 0 Å². The first-order chi connectivity index (χ1) is 19.5. The van der Waals surface area contributed by atoms with Gasteiger partial charge in [0.1, 0.15) is 11.9 Å². The van der Waals surface area contributed by atoms with Crippen molar-refractivity contribution in [3.05, 3.63) is 78.1 Å². The summed E-state index contributed by atoms with van der Waals surface area (Å²) in [5.41, 5.74) is 7.19. The highest BCUT2D eigenvalue weighted by molar-refractivity contribution is 7.99. The highest BCUT2D eigenvalue weighted by Gasteiger charge is 2.33. The Balaban J connectivity index is 1.63. The molecule has 0 saturated heterocycles. The summed E-state index contributed by atoms with van der Waals surface area (Å²) in [5, 5.41) is 2.81. The van der Waals surface area contributed by atoms with E-state index in [4.69, 9.17) is 5.73 Å². The molecule has 8 nitrogen and oxygen atoms in total. The third-order valence-corrected chi connectivity index (χ3v) is 9.31. The lowest BCUT2D eigenvalue weighted by Crippen LogP contribution is -2.51. The third-order valence-electron chi connectivity index (χ3n) is 6.36. The summed E-state index contributed by atoms with van der Waals surface area (Å²) >= 11 is 1.31. The van der Waals surface area contributed by atoms with Crippen LogP contribution >= 0.6 is 11.8 Å². The van der Waals surface area contributed by atoms with Crippen molar-refractivity contribution in [2.45, 2.75) is 74.5 Å². The number of sulfonamides is 1. The van der Waals surface area contributed by atoms with E-state index < -0.39 is 33.0 Å². The number of anilines is 1. The minimum Gasteiger partial charge on any atom is -0.343 e. The molecule has 3 aromatic rings. The van der Waals surface area contributed by atoms with Crippen LogP contribution in [0.15, 0.2) is 76.5 Å². The van der Waals surface area contributed by atoms with Crippen molar-refractivity contribution in [3.63, 3.8) is 0 Å². The van der Waals surface area contributed by atoms with Crippen molar-refractivity contribution in [2.24, 2.45) is 5.73 Å². The topological polar surface area (TPSA) is 122 Å². The number of benzene rings is 3. The van der Waals surface area contributed by atoms with Gasteiger partial charge in [-0.25, -0.2) is 17.5 Å². The molecule has 4 N–H and O–H groups in total. The Hall–Kier alpha value is -3.25. The number of hydrogen-bond donors (Lipinski definition) is 3. The molecule has 0 fully saturated rings. The van der Waals surface area contributed by atoms with Crippen LogP contribution in [0.25, 0.3) is 11.1 Å². The van der Waals surface area contributed by atoms with E-state index in [-0.39, 0.29) is 35.4 Å². The molecule has 0 bridgehead atoms. The Morgan fingerprint density at radius 3 is 2.36 bits per heavy atom. The number of fused-ring (bicyclic) bond motifs is 1. The Labute approximate surface area is 251 Å². The van der Waals surface area contributed by atoms with Crippen LogP contribution in [-0.2, 0) is 26.2 Å². The summed E-state index contributed by atoms with van der Waals surface area (Å²) < 4.78 is 43.1. The lowest BCUT2D eigenvalue weighted by Gasteiger charge is -2.27. The summed E-state index contributed by atoms with van der Waals surface area (Å²) in [6, 6.07) is 17.5. The number of thioether (sulfide) groups is 1. The van der Waals surface area contributed by atoms with Crippen LogP contribution in [0.4, 0.5) is 10.1 Å². The molecule has 42 heavy (non-hydrogen) atoms. The molecule has 0 radical (unpaired) electrons. The van der Waals surface area contributed by atoms with Crippen LogP contribution in [0.3, 0.4) is 0 Å².